The average Bonchev–Trinajstić information content (AvgIpc) is 3.41. The van der Waals surface area contributed by atoms with E-state index in [-0.39, 0.29) is 16.9 Å². The lowest BCUT2D eigenvalue weighted by Crippen LogP contribution is -2.23. The van der Waals surface area contributed by atoms with Crippen molar-refractivity contribution in [1.82, 2.24) is 24.5 Å². The number of nitriles is 1. The number of benzene rings is 1. The van der Waals surface area contributed by atoms with Crippen molar-refractivity contribution in [2.45, 2.75) is 6.92 Å². The zero-order valence-corrected chi connectivity index (χ0v) is 17.0. The third kappa shape index (κ3) is 4.08. The van der Waals surface area contributed by atoms with E-state index in [1.165, 1.54) is 21.8 Å². The van der Waals surface area contributed by atoms with Gasteiger partial charge in [-0.2, -0.15) is 15.5 Å². The van der Waals surface area contributed by atoms with E-state index < -0.39 is 18.5 Å². The Labute approximate surface area is 182 Å². The molecular formula is C22H17N7O3. The van der Waals surface area contributed by atoms with Crippen molar-refractivity contribution in [3.05, 3.63) is 83.9 Å². The number of hydrogen-bond donors (Lipinski definition) is 1. The quantitative estimate of drug-likeness (QED) is 0.468. The number of nitrogens with zero attached hydrogens (tertiary/aromatic N) is 6. The highest BCUT2D eigenvalue weighted by Gasteiger charge is 2.20. The van der Waals surface area contributed by atoms with Crippen molar-refractivity contribution in [3.8, 4) is 17.6 Å². The molecule has 0 aliphatic heterocycles. The van der Waals surface area contributed by atoms with Gasteiger partial charge in [0.2, 0.25) is 0 Å². The first-order valence-electron chi connectivity index (χ1n) is 9.55. The number of para-hydroxylation sites is 1. The van der Waals surface area contributed by atoms with Crippen LogP contribution in [0, 0.1) is 18.3 Å². The number of pyridine rings is 1. The molecule has 10 heteroatoms. The van der Waals surface area contributed by atoms with E-state index in [4.69, 9.17) is 4.74 Å². The van der Waals surface area contributed by atoms with Gasteiger partial charge in [-0.25, -0.2) is 19.1 Å². The summed E-state index contributed by atoms with van der Waals surface area (Å²) in [5.41, 5.74) is 1.60. The largest absolute Gasteiger partial charge is 0.452 e. The van der Waals surface area contributed by atoms with Gasteiger partial charge in [-0.05, 0) is 31.2 Å². The van der Waals surface area contributed by atoms with Gasteiger partial charge in [-0.15, -0.1) is 0 Å². The summed E-state index contributed by atoms with van der Waals surface area (Å²) in [5.74, 6) is -0.557. The summed E-state index contributed by atoms with van der Waals surface area (Å²) in [6.07, 6.45) is 4.33. The molecule has 1 amide bonds. The highest BCUT2D eigenvalue weighted by atomic mass is 16.5. The molecule has 0 spiro atoms. The van der Waals surface area contributed by atoms with Gasteiger partial charge in [0.05, 0.1) is 23.8 Å². The summed E-state index contributed by atoms with van der Waals surface area (Å²) in [4.78, 5) is 29.1. The van der Waals surface area contributed by atoms with Crippen LogP contribution in [0.1, 0.15) is 21.6 Å². The number of amides is 1. The third-order valence-corrected chi connectivity index (χ3v) is 4.58. The molecule has 4 rings (SSSR count). The van der Waals surface area contributed by atoms with Gasteiger partial charge in [-0.3, -0.25) is 4.79 Å². The molecule has 0 saturated heterocycles. The molecule has 158 valence electrons. The van der Waals surface area contributed by atoms with Crippen LogP contribution in [0.15, 0.2) is 67.1 Å². The number of rotatable bonds is 6. The summed E-state index contributed by atoms with van der Waals surface area (Å²) in [6, 6.07) is 16.3. The predicted molar refractivity (Wildman–Crippen MR) is 113 cm³/mol. The van der Waals surface area contributed by atoms with Gasteiger partial charge in [0.1, 0.15) is 17.2 Å². The van der Waals surface area contributed by atoms with Gasteiger partial charge in [0, 0.05) is 6.20 Å². The summed E-state index contributed by atoms with van der Waals surface area (Å²) >= 11 is 0. The first-order chi connectivity index (χ1) is 15.6. The summed E-state index contributed by atoms with van der Waals surface area (Å²) in [5, 5.41) is 20.2. The predicted octanol–water partition coefficient (Wildman–Crippen LogP) is 2.43. The van der Waals surface area contributed by atoms with Crippen molar-refractivity contribution in [3.63, 3.8) is 0 Å². The van der Waals surface area contributed by atoms with E-state index in [1.807, 2.05) is 24.3 Å². The lowest BCUT2D eigenvalue weighted by atomic mass is 10.2. The van der Waals surface area contributed by atoms with Gasteiger partial charge in [0.25, 0.3) is 5.91 Å². The number of nitrogens with one attached hydrogen (secondary N) is 1. The van der Waals surface area contributed by atoms with E-state index >= 15 is 0 Å². The summed E-state index contributed by atoms with van der Waals surface area (Å²) in [7, 11) is 0. The molecule has 0 atom stereocenters. The molecule has 0 unspecified atom stereocenters. The van der Waals surface area contributed by atoms with Crippen LogP contribution in [-0.4, -0.2) is 43.0 Å². The number of carbonyl (C=O) groups is 2. The second kappa shape index (κ2) is 8.93. The highest BCUT2D eigenvalue weighted by Crippen LogP contribution is 2.19. The zero-order valence-electron chi connectivity index (χ0n) is 17.0. The molecule has 3 aromatic heterocycles. The van der Waals surface area contributed by atoms with Gasteiger partial charge < -0.3 is 10.1 Å². The van der Waals surface area contributed by atoms with Crippen LogP contribution in [0.25, 0.3) is 11.5 Å². The number of aromatic nitrogens is 5. The zero-order chi connectivity index (χ0) is 22.5. The molecule has 0 aliphatic rings. The Hall–Kier alpha value is -4.78. The van der Waals surface area contributed by atoms with Crippen LogP contribution in [0.5, 0.6) is 0 Å². The monoisotopic (exact) mass is 427 g/mol. The topological polar surface area (TPSA) is 128 Å². The molecule has 4 aromatic rings. The molecule has 3 heterocycles. The average molecular weight is 427 g/mol. The number of hydrogen-bond acceptors (Lipinski definition) is 7. The Balaban J connectivity index is 1.45. The molecule has 10 nitrogen and oxygen atoms in total. The van der Waals surface area contributed by atoms with Gasteiger partial charge >= 0.3 is 5.97 Å². The molecule has 0 bridgehead atoms. The second-order valence-electron chi connectivity index (χ2n) is 6.63. The first-order valence-corrected chi connectivity index (χ1v) is 9.55. The number of anilines is 1. The SMILES string of the molecule is Cc1c(C(=O)OCC(=O)Nc2c(C#N)cnn2-c2ccccc2)cnn1-c1ccccn1. The van der Waals surface area contributed by atoms with E-state index in [0.717, 1.165) is 0 Å². The van der Waals surface area contributed by atoms with Crippen LogP contribution in [0.2, 0.25) is 0 Å². The van der Waals surface area contributed by atoms with E-state index in [9.17, 15) is 14.9 Å². The Morgan fingerprint density at radius 3 is 2.53 bits per heavy atom. The standard InChI is InChI=1S/C22H17N7O3/c1-15-18(13-26-28(15)19-9-5-6-10-24-19)22(31)32-14-20(30)27-21-16(11-23)12-25-29(21)17-7-3-2-4-8-17/h2-10,12-13H,14H2,1H3,(H,27,30). The van der Waals surface area contributed by atoms with E-state index in [0.29, 0.717) is 17.2 Å². The Kier molecular flexibility index (Phi) is 5.72. The number of esters is 1. The van der Waals surface area contributed by atoms with Crippen LogP contribution in [0.4, 0.5) is 5.82 Å². The minimum absolute atomic E-state index is 0.181. The first kappa shape index (κ1) is 20.5. The second-order valence-corrected chi connectivity index (χ2v) is 6.63. The lowest BCUT2D eigenvalue weighted by Gasteiger charge is -2.10. The number of ether oxygens (including phenoxy) is 1. The number of carbonyl (C=O) groups excluding carboxylic acids is 2. The summed E-state index contributed by atoms with van der Waals surface area (Å²) in [6.45, 7) is 1.16. The molecule has 0 saturated carbocycles. The molecule has 0 aliphatic carbocycles. The smallest absolute Gasteiger partial charge is 0.342 e. The summed E-state index contributed by atoms with van der Waals surface area (Å²) < 4.78 is 8.09. The fraction of sp³-hybridized carbons (Fsp3) is 0.0909. The van der Waals surface area contributed by atoms with Crippen molar-refractivity contribution < 1.29 is 14.3 Å². The third-order valence-electron chi connectivity index (χ3n) is 4.58. The van der Waals surface area contributed by atoms with E-state index in [1.54, 1.807) is 43.5 Å². The Morgan fingerprint density at radius 1 is 1.06 bits per heavy atom. The van der Waals surface area contributed by atoms with Crippen molar-refractivity contribution in [2.24, 2.45) is 0 Å². The molecule has 1 N–H and O–H groups in total. The van der Waals surface area contributed by atoms with Crippen LogP contribution < -0.4 is 5.32 Å². The molecule has 0 radical (unpaired) electrons. The van der Waals surface area contributed by atoms with Gasteiger partial charge in [0.15, 0.2) is 18.2 Å². The maximum atomic E-state index is 12.5. The van der Waals surface area contributed by atoms with Crippen molar-refractivity contribution in [2.75, 3.05) is 11.9 Å². The minimum atomic E-state index is -0.697. The minimum Gasteiger partial charge on any atom is -0.452 e. The molecule has 1 aromatic carbocycles. The Bertz CT molecular complexity index is 1300. The fourth-order valence-corrected chi connectivity index (χ4v) is 3.01. The molecular weight excluding hydrogens is 410 g/mol. The maximum Gasteiger partial charge on any atom is 0.342 e. The molecule has 0 fully saturated rings. The van der Waals surface area contributed by atoms with Crippen LogP contribution in [-0.2, 0) is 9.53 Å². The van der Waals surface area contributed by atoms with Crippen LogP contribution >= 0.6 is 0 Å². The normalized spacial score (nSPS) is 10.4. The lowest BCUT2D eigenvalue weighted by molar-refractivity contribution is -0.119. The van der Waals surface area contributed by atoms with Crippen molar-refractivity contribution in [1.29, 1.82) is 5.26 Å². The fourth-order valence-electron chi connectivity index (χ4n) is 3.01. The van der Waals surface area contributed by atoms with Gasteiger partial charge in [-0.1, -0.05) is 24.3 Å². The van der Waals surface area contributed by atoms with Crippen molar-refractivity contribution >= 4 is 17.7 Å². The highest BCUT2D eigenvalue weighted by molar-refractivity contribution is 5.96. The van der Waals surface area contributed by atoms with E-state index in [2.05, 4.69) is 20.5 Å². The molecule has 32 heavy (non-hydrogen) atoms. The van der Waals surface area contributed by atoms with Crippen LogP contribution in [0.3, 0.4) is 0 Å². The maximum absolute atomic E-state index is 12.5. The Morgan fingerprint density at radius 2 is 1.81 bits per heavy atom.